The van der Waals surface area contributed by atoms with Crippen LogP contribution in [0.1, 0.15) is 30.5 Å². The van der Waals surface area contributed by atoms with Gasteiger partial charge < -0.3 is 15.0 Å². The molecular formula is C19H25N5O. The minimum absolute atomic E-state index is 0.299. The average molecular weight is 339 g/mol. The SMILES string of the molecule is CN(C[C@H]1CCCCO1)c1nc(-c2cccnc2)nc2c1CCNC2. The highest BCUT2D eigenvalue weighted by molar-refractivity contribution is 5.60. The minimum atomic E-state index is 0.299. The van der Waals surface area contributed by atoms with E-state index in [-0.39, 0.29) is 0 Å². The van der Waals surface area contributed by atoms with Crippen molar-refractivity contribution in [2.75, 3.05) is 31.6 Å². The number of aromatic nitrogens is 3. The lowest BCUT2D eigenvalue weighted by Crippen LogP contribution is -2.36. The van der Waals surface area contributed by atoms with E-state index in [4.69, 9.17) is 14.7 Å². The molecule has 4 heterocycles. The van der Waals surface area contributed by atoms with Gasteiger partial charge in [-0.25, -0.2) is 9.97 Å². The average Bonchev–Trinajstić information content (AvgIpc) is 2.68. The van der Waals surface area contributed by atoms with Gasteiger partial charge in [0.15, 0.2) is 5.82 Å². The molecule has 0 unspecified atom stereocenters. The van der Waals surface area contributed by atoms with Gasteiger partial charge in [0.1, 0.15) is 5.82 Å². The van der Waals surface area contributed by atoms with E-state index in [0.717, 1.165) is 62.0 Å². The number of ether oxygens (including phenoxy) is 1. The van der Waals surface area contributed by atoms with Crippen LogP contribution in [0.25, 0.3) is 11.4 Å². The summed E-state index contributed by atoms with van der Waals surface area (Å²) in [6.07, 6.45) is 8.43. The predicted molar refractivity (Wildman–Crippen MR) is 97.5 cm³/mol. The van der Waals surface area contributed by atoms with Gasteiger partial charge in [-0.15, -0.1) is 0 Å². The highest BCUT2D eigenvalue weighted by atomic mass is 16.5. The molecule has 2 aromatic heterocycles. The largest absolute Gasteiger partial charge is 0.376 e. The number of fused-ring (bicyclic) bond motifs is 1. The number of hydrogen-bond donors (Lipinski definition) is 1. The van der Waals surface area contributed by atoms with Gasteiger partial charge in [-0.3, -0.25) is 4.98 Å². The second-order valence-electron chi connectivity index (χ2n) is 6.83. The molecule has 25 heavy (non-hydrogen) atoms. The first kappa shape index (κ1) is 16.4. The fourth-order valence-electron chi connectivity index (χ4n) is 3.62. The van der Waals surface area contributed by atoms with Gasteiger partial charge in [0.25, 0.3) is 0 Å². The minimum Gasteiger partial charge on any atom is -0.376 e. The molecule has 0 spiro atoms. The molecule has 1 saturated heterocycles. The predicted octanol–water partition coefficient (Wildman–Crippen LogP) is 2.19. The Balaban J connectivity index is 1.67. The Hall–Kier alpha value is -2.05. The van der Waals surface area contributed by atoms with Crippen molar-refractivity contribution in [3.63, 3.8) is 0 Å². The summed E-state index contributed by atoms with van der Waals surface area (Å²) in [6.45, 7) is 3.53. The third kappa shape index (κ3) is 3.65. The Morgan fingerprint density at radius 3 is 3.08 bits per heavy atom. The maximum absolute atomic E-state index is 5.92. The topological polar surface area (TPSA) is 63.2 Å². The number of rotatable bonds is 4. The van der Waals surface area contributed by atoms with Crippen LogP contribution < -0.4 is 10.2 Å². The summed E-state index contributed by atoms with van der Waals surface area (Å²) in [5, 5.41) is 3.42. The van der Waals surface area contributed by atoms with Crippen LogP contribution in [0.2, 0.25) is 0 Å². The van der Waals surface area contributed by atoms with Crippen LogP contribution in [-0.4, -0.2) is 47.8 Å². The first-order valence-electron chi connectivity index (χ1n) is 9.15. The van der Waals surface area contributed by atoms with E-state index >= 15 is 0 Å². The molecule has 4 rings (SSSR count). The number of hydrogen-bond acceptors (Lipinski definition) is 6. The van der Waals surface area contributed by atoms with Gasteiger partial charge in [-0.1, -0.05) is 0 Å². The highest BCUT2D eigenvalue weighted by Crippen LogP contribution is 2.27. The van der Waals surface area contributed by atoms with Crippen molar-refractivity contribution in [1.29, 1.82) is 0 Å². The summed E-state index contributed by atoms with van der Waals surface area (Å²) >= 11 is 0. The standard InChI is InChI=1S/C19H25N5O/c1-24(13-15-6-2-3-10-25-15)19-16-7-9-21-12-17(16)22-18(23-19)14-5-4-8-20-11-14/h4-5,8,11,15,21H,2-3,6-7,9-10,12-13H2,1H3/t15-/m1/s1. The van der Waals surface area contributed by atoms with Crippen molar-refractivity contribution in [2.24, 2.45) is 0 Å². The van der Waals surface area contributed by atoms with Crippen molar-refractivity contribution < 1.29 is 4.74 Å². The van der Waals surface area contributed by atoms with Gasteiger partial charge in [0.05, 0.1) is 11.8 Å². The lowest BCUT2D eigenvalue weighted by atomic mass is 10.0. The van der Waals surface area contributed by atoms with E-state index in [9.17, 15) is 0 Å². The van der Waals surface area contributed by atoms with Gasteiger partial charge in [0.2, 0.25) is 0 Å². The fraction of sp³-hybridized carbons (Fsp3) is 0.526. The molecule has 1 N–H and O–H groups in total. The molecule has 6 heteroatoms. The van der Waals surface area contributed by atoms with Crippen LogP contribution in [0.3, 0.4) is 0 Å². The van der Waals surface area contributed by atoms with Crippen LogP contribution >= 0.6 is 0 Å². The molecule has 2 aliphatic rings. The van der Waals surface area contributed by atoms with Crippen molar-refractivity contribution in [2.45, 2.75) is 38.3 Å². The maximum Gasteiger partial charge on any atom is 0.163 e. The summed E-state index contributed by atoms with van der Waals surface area (Å²) in [5.74, 6) is 1.79. The van der Waals surface area contributed by atoms with Crippen LogP contribution in [0.5, 0.6) is 0 Å². The zero-order valence-electron chi connectivity index (χ0n) is 14.7. The molecule has 132 valence electrons. The first-order valence-corrected chi connectivity index (χ1v) is 9.15. The summed E-state index contributed by atoms with van der Waals surface area (Å²) in [5.41, 5.74) is 3.33. The molecule has 0 bridgehead atoms. The van der Waals surface area contributed by atoms with Gasteiger partial charge in [-0.05, 0) is 44.4 Å². The van der Waals surface area contributed by atoms with Crippen molar-refractivity contribution in [3.8, 4) is 11.4 Å². The van der Waals surface area contributed by atoms with E-state index in [2.05, 4.69) is 22.2 Å². The summed E-state index contributed by atoms with van der Waals surface area (Å²) in [7, 11) is 2.12. The molecule has 0 aromatic carbocycles. The van der Waals surface area contributed by atoms with Gasteiger partial charge in [-0.2, -0.15) is 0 Å². The molecule has 1 atom stereocenters. The van der Waals surface area contributed by atoms with E-state index < -0.39 is 0 Å². The molecule has 0 radical (unpaired) electrons. The van der Waals surface area contributed by atoms with Crippen LogP contribution in [0.4, 0.5) is 5.82 Å². The van der Waals surface area contributed by atoms with Crippen LogP contribution in [0, 0.1) is 0 Å². The second-order valence-corrected chi connectivity index (χ2v) is 6.83. The molecule has 2 aromatic rings. The Kier molecular flexibility index (Phi) is 4.90. The van der Waals surface area contributed by atoms with Crippen molar-refractivity contribution in [1.82, 2.24) is 20.3 Å². The Morgan fingerprint density at radius 2 is 2.28 bits per heavy atom. The fourth-order valence-corrected chi connectivity index (χ4v) is 3.62. The number of pyridine rings is 1. The Morgan fingerprint density at radius 1 is 1.32 bits per heavy atom. The molecule has 0 aliphatic carbocycles. The molecule has 6 nitrogen and oxygen atoms in total. The zero-order valence-corrected chi connectivity index (χ0v) is 14.7. The second kappa shape index (κ2) is 7.45. The highest BCUT2D eigenvalue weighted by Gasteiger charge is 2.23. The lowest BCUT2D eigenvalue weighted by molar-refractivity contribution is 0.0215. The maximum atomic E-state index is 5.92. The van der Waals surface area contributed by atoms with E-state index in [1.54, 1.807) is 6.20 Å². The number of nitrogens with zero attached hydrogens (tertiary/aromatic N) is 4. The molecule has 0 amide bonds. The number of likely N-dealkylation sites (N-methyl/N-ethyl adjacent to an activating group) is 1. The number of nitrogens with one attached hydrogen (secondary N) is 1. The van der Waals surface area contributed by atoms with Gasteiger partial charge in [0, 0.05) is 50.3 Å². The first-order chi connectivity index (χ1) is 12.3. The van der Waals surface area contributed by atoms with E-state index in [1.165, 1.54) is 18.4 Å². The lowest BCUT2D eigenvalue weighted by Gasteiger charge is -2.30. The summed E-state index contributed by atoms with van der Waals surface area (Å²) in [6, 6.07) is 3.94. The smallest absolute Gasteiger partial charge is 0.163 e. The zero-order chi connectivity index (χ0) is 17.1. The third-order valence-corrected chi connectivity index (χ3v) is 4.95. The summed E-state index contributed by atoms with van der Waals surface area (Å²) in [4.78, 5) is 16.2. The van der Waals surface area contributed by atoms with Crippen molar-refractivity contribution in [3.05, 3.63) is 35.8 Å². The van der Waals surface area contributed by atoms with E-state index in [1.807, 2.05) is 18.3 Å². The normalized spacial score (nSPS) is 20.1. The number of anilines is 1. The van der Waals surface area contributed by atoms with Crippen LogP contribution in [-0.2, 0) is 17.7 Å². The van der Waals surface area contributed by atoms with Crippen molar-refractivity contribution >= 4 is 5.82 Å². The van der Waals surface area contributed by atoms with E-state index in [0.29, 0.717) is 6.10 Å². The monoisotopic (exact) mass is 339 g/mol. The third-order valence-electron chi connectivity index (χ3n) is 4.95. The quantitative estimate of drug-likeness (QED) is 0.921. The Labute approximate surface area is 148 Å². The summed E-state index contributed by atoms with van der Waals surface area (Å²) < 4.78 is 5.92. The Bertz CT molecular complexity index is 715. The van der Waals surface area contributed by atoms with Crippen LogP contribution in [0.15, 0.2) is 24.5 Å². The molecular weight excluding hydrogens is 314 g/mol. The molecule has 0 saturated carbocycles. The molecule has 1 fully saturated rings. The molecule has 2 aliphatic heterocycles. The van der Waals surface area contributed by atoms with Gasteiger partial charge >= 0.3 is 0 Å².